The lowest BCUT2D eigenvalue weighted by Crippen LogP contribution is -2.41. The number of carbonyl (C=O) groups excluding carboxylic acids is 1. The number of nitrogens with one attached hydrogen (secondary N) is 1. The van der Waals surface area contributed by atoms with Gasteiger partial charge in [-0.1, -0.05) is 19.1 Å². The Morgan fingerprint density at radius 3 is 2.70 bits per heavy atom. The van der Waals surface area contributed by atoms with E-state index >= 15 is 0 Å². The van der Waals surface area contributed by atoms with Crippen molar-refractivity contribution in [1.29, 1.82) is 0 Å². The van der Waals surface area contributed by atoms with Crippen LogP contribution in [0.1, 0.15) is 24.5 Å². The summed E-state index contributed by atoms with van der Waals surface area (Å²) in [5.41, 5.74) is 2.42. The number of hydrogen-bond donors (Lipinski definition) is 1. The summed E-state index contributed by atoms with van der Waals surface area (Å²) in [4.78, 5) is 44.0. The molecule has 0 aliphatic rings. The highest BCUT2D eigenvalue weighted by Gasteiger charge is 2.20. The average molecular weight is 423 g/mol. The van der Waals surface area contributed by atoms with Crippen molar-refractivity contribution < 1.29 is 4.79 Å². The Morgan fingerprint density at radius 1 is 1.13 bits per heavy atom. The first-order chi connectivity index (χ1) is 14.4. The number of nitrogens with zero attached hydrogens (tertiary/aromatic N) is 3. The Bertz CT molecular complexity index is 1400. The minimum absolute atomic E-state index is 0.187. The SMILES string of the molecule is CCCn1c(=O)c2sc3ncccc3c2n(CC(=O)Nc2cccc(C)c2C)c1=O. The van der Waals surface area contributed by atoms with Crippen LogP contribution in [0.3, 0.4) is 0 Å². The minimum Gasteiger partial charge on any atom is -0.324 e. The van der Waals surface area contributed by atoms with Crippen LogP contribution in [0.2, 0.25) is 0 Å². The quantitative estimate of drug-likeness (QED) is 0.534. The molecule has 1 amide bonds. The van der Waals surface area contributed by atoms with E-state index in [9.17, 15) is 14.4 Å². The van der Waals surface area contributed by atoms with Gasteiger partial charge >= 0.3 is 5.69 Å². The Kier molecular flexibility index (Phi) is 5.26. The lowest BCUT2D eigenvalue weighted by Gasteiger charge is -2.14. The van der Waals surface area contributed by atoms with Crippen LogP contribution in [0.25, 0.3) is 20.4 Å². The Morgan fingerprint density at radius 2 is 1.93 bits per heavy atom. The smallest absolute Gasteiger partial charge is 0.324 e. The number of thiophene rings is 1. The molecule has 0 fully saturated rings. The molecule has 4 rings (SSSR count). The molecule has 1 aromatic carbocycles. The molecule has 8 heteroatoms. The molecule has 0 saturated heterocycles. The third kappa shape index (κ3) is 3.33. The predicted octanol–water partition coefficient (Wildman–Crippen LogP) is 3.44. The van der Waals surface area contributed by atoms with Crippen LogP contribution in [0.15, 0.2) is 46.1 Å². The van der Waals surface area contributed by atoms with Gasteiger partial charge in [0.15, 0.2) is 0 Å². The van der Waals surface area contributed by atoms with Crippen molar-refractivity contribution in [2.24, 2.45) is 0 Å². The van der Waals surface area contributed by atoms with Crippen LogP contribution in [0.4, 0.5) is 5.69 Å². The van der Waals surface area contributed by atoms with E-state index in [4.69, 9.17) is 0 Å². The zero-order valence-electron chi connectivity index (χ0n) is 17.1. The third-order valence-electron chi connectivity index (χ3n) is 5.24. The summed E-state index contributed by atoms with van der Waals surface area (Å²) in [6.45, 7) is 5.93. The van der Waals surface area contributed by atoms with E-state index < -0.39 is 5.69 Å². The number of benzene rings is 1. The molecule has 0 radical (unpaired) electrons. The first-order valence-corrected chi connectivity index (χ1v) is 10.6. The van der Waals surface area contributed by atoms with Crippen LogP contribution < -0.4 is 16.6 Å². The van der Waals surface area contributed by atoms with Crippen molar-refractivity contribution in [2.75, 3.05) is 5.32 Å². The van der Waals surface area contributed by atoms with E-state index in [2.05, 4.69) is 10.3 Å². The highest BCUT2D eigenvalue weighted by atomic mass is 32.1. The van der Waals surface area contributed by atoms with Crippen molar-refractivity contribution in [3.8, 4) is 0 Å². The molecule has 0 atom stereocenters. The number of hydrogen-bond acceptors (Lipinski definition) is 5. The molecule has 0 spiro atoms. The Labute approximate surface area is 176 Å². The molecule has 3 heterocycles. The summed E-state index contributed by atoms with van der Waals surface area (Å²) in [7, 11) is 0. The predicted molar refractivity (Wildman–Crippen MR) is 120 cm³/mol. The van der Waals surface area contributed by atoms with Crippen molar-refractivity contribution in [1.82, 2.24) is 14.1 Å². The number of fused-ring (bicyclic) bond motifs is 3. The zero-order chi connectivity index (χ0) is 21.4. The summed E-state index contributed by atoms with van der Waals surface area (Å²) in [6.07, 6.45) is 2.29. The van der Waals surface area contributed by atoms with Gasteiger partial charge in [-0.05, 0) is 49.6 Å². The molecule has 1 N–H and O–H groups in total. The normalized spacial score (nSPS) is 11.3. The summed E-state index contributed by atoms with van der Waals surface area (Å²) < 4.78 is 3.05. The number of rotatable bonds is 5. The zero-order valence-corrected chi connectivity index (χ0v) is 17.9. The van der Waals surface area contributed by atoms with E-state index in [0.29, 0.717) is 39.1 Å². The maximum absolute atomic E-state index is 13.2. The molecule has 0 bridgehead atoms. The van der Waals surface area contributed by atoms with Gasteiger partial charge in [0.05, 0.1) is 5.52 Å². The van der Waals surface area contributed by atoms with Gasteiger partial charge in [-0.3, -0.25) is 18.7 Å². The first-order valence-electron chi connectivity index (χ1n) is 9.79. The van der Waals surface area contributed by atoms with Crippen molar-refractivity contribution in [3.63, 3.8) is 0 Å². The molecular formula is C22H22N4O3S. The van der Waals surface area contributed by atoms with Gasteiger partial charge in [0, 0.05) is 23.8 Å². The maximum Gasteiger partial charge on any atom is 0.332 e. The molecule has 7 nitrogen and oxygen atoms in total. The van der Waals surface area contributed by atoms with E-state index in [0.717, 1.165) is 11.1 Å². The average Bonchev–Trinajstić information content (AvgIpc) is 3.12. The van der Waals surface area contributed by atoms with E-state index in [1.54, 1.807) is 12.3 Å². The maximum atomic E-state index is 13.2. The van der Waals surface area contributed by atoms with E-state index in [1.807, 2.05) is 45.0 Å². The molecule has 4 aromatic rings. The second-order valence-corrected chi connectivity index (χ2v) is 8.26. The fourth-order valence-corrected chi connectivity index (χ4v) is 4.67. The molecule has 0 aliphatic heterocycles. The van der Waals surface area contributed by atoms with Crippen LogP contribution in [-0.2, 0) is 17.9 Å². The molecule has 30 heavy (non-hydrogen) atoms. The Balaban J connectivity index is 1.86. The fourth-order valence-electron chi connectivity index (χ4n) is 3.57. The molecule has 154 valence electrons. The molecular weight excluding hydrogens is 400 g/mol. The van der Waals surface area contributed by atoms with Gasteiger partial charge in [0.25, 0.3) is 5.56 Å². The highest BCUT2D eigenvalue weighted by molar-refractivity contribution is 7.25. The van der Waals surface area contributed by atoms with Crippen molar-refractivity contribution >= 4 is 43.4 Å². The summed E-state index contributed by atoms with van der Waals surface area (Å²) in [5, 5.41) is 3.60. The number of anilines is 1. The fraction of sp³-hybridized carbons (Fsp3) is 0.273. The number of pyridine rings is 1. The van der Waals surface area contributed by atoms with Gasteiger partial charge in [0.1, 0.15) is 16.1 Å². The van der Waals surface area contributed by atoms with Gasteiger partial charge in [-0.25, -0.2) is 9.78 Å². The molecule has 0 saturated carbocycles. The number of amides is 1. The van der Waals surface area contributed by atoms with Crippen LogP contribution >= 0.6 is 11.3 Å². The van der Waals surface area contributed by atoms with Gasteiger partial charge in [0.2, 0.25) is 5.91 Å². The van der Waals surface area contributed by atoms with Crippen molar-refractivity contribution in [3.05, 3.63) is 68.5 Å². The van der Waals surface area contributed by atoms with Gasteiger partial charge in [-0.2, -0.15) is 0 Å². The van der Waals surface area contributed by atoms with Crippen molar-refractivity contribution in [2.45, 2.75) is 40.3 Å². The number of carbonyl (C=O) groups is 1. The van der Waals surface area contributed by atoms with E-state index in [-0.39, 0.29) is 18.0 Å². The molecule has 0 aliphatic carbocycles. The molecule has 3 aromatic heterocycles. The number of aromatic nitrogens is 3. The minimum atomic E-state index is -0.478. The monoisotopic (exact) mass is 422 g/mol. The second-order valence-electron chi connectivity index (χ2n) is 7.26. The Hall–Kier alpha value is -3.26. The van der Waals surface area contributed by atoms with Crippen LogP contribution in [0.5, 0.6) is 0 Å². The van der Waals surface area contributed by atoms with Gasteiger partial charge < -0.3 is 5.32 Å². The number of aryl methyl sites for hydroxylation is 1. The lowest BCUT2D eigenvalue weighted by molar-refractivity contribution is -0.116. The van der Waals surface area contributed by atoms with Crippen LogP contribution in [0, 0.1) is 13.8 Å². The summed E-state index contributed by atoms with van der Waals surface area (Å²) >= 11 is 1.25. The summed E-state index contributed by atoms with van der Waals surface area (Å²) in [5.74, 6) is -0.322. The van der Waals surface area contributed by atoms with E-state index in [1.165, 1.54) is 20.5 Å². The topological polar surface area (TPSA) is 86.0 Å². The van der Waals surface area contributed by atoms with Crippen LogP contribution in [-0.4, -0.2) is 20.0 Å². The van der Waals surface area contributed by atoms with Gasteiger partial charge in [-0.15, -0.1) is 11.3 Å². The highest BCUT2D eigenvalue weighted by Crippen LogP contribution is 2.29. The summed E-state index contributed by atoms with van der Waals surface area (Å²) in [6, 6.07) is 9.27. The first kappa shape index (κ1) is 20.0. The largest absolute Gasteiger partial charge is 0.332 e. The standard InChI is InChI=1S/C22H22N4O3S/c1-4-11-25-21(28)19-18(15-8-6-10-23-20(15)30-19)26(22(25)29)12-17(27)24-16-9-5-7-13(2)14(16)3/h5-10H,4,11-12H2,1-3H3,(H,24,27). The molecule has 0 unspecified atom stereocenters. The third-order valence-corrected chi connectivity index (χ3v) is 6.33. The second kappa shape index (κ2) is 7.87. The lowest BCUT2D eigenvalue weighted by atomic mass is 10.1.